The zero-order valence-electron chi connectivity index (χ0n) is 11.4. The molecule has 0 amide bonds. The van der Waals surface area contributed by atoms with E-state index >= 15 is 0 Å². The highest BCUT2D eigenvalue weighted by Crippen LogP contribution is 2.00. The Balaban J connectivity index is 3.43. The van der Waals surface area contributed by atoms with Crippen LogP contribution in [0.5, 0.6) is 0 Å². The molecule has 0 aliphatic heterocycles. The van der Waals surface area contributed by atoms with E-state index in [1.54, 1.807) is 7.11 Å². The molecule has 1 atom stereocenters. The largest absolute Gasteiger partial charge is 0.383 e. The molecule has 0 saturated carbocycles. The number of rotatable bonds is 11. The second kappa shape index (κ2) is 11.4. The SMILES string of the molecule is CCCNC(CCCOCC(C)C)COC. The van der Waals surface area contributed by atoms with E-state index < -0.39 is 0 Å². The third kappa shape index (κ3) is 10.4. The van der Waals surface area contributed by atoms with Crippen LogP contribution < -0.4 is 5.32 Å². The maximum absolute atomic E-state index is 5.56. The van der Waals surface area contributed by atoms with Gasteiger partial charge < -0.3 is 14.8 Å². The topological polar surface area (TPSA) is 30.5 Å². The highest BCUT2D eigenvalue weighted by molar-refractivity contribution is 4.65. The molecule has 0 bridgehead atoms. The van der Waals surface area contributed by atoms with Crippen molar-refractivity contribution in [2.75, 3.05) is 33.5 Å². The lowest BCUT2D eigenvalue weighted by Gasteiger charge is -2.17. The predicted octanol–water partition coefficient (Wildman–Crippen LogP) is 2.45. The molecule has 0 aromatic rings. The van der Waals surface area contributed by atoms with Crippen molar-refractivity contribution in [2.24, 2.45) is 5.92 Å². The predicted molar refractivity (Wildman–Crippen MR) is 68.8 cm³/mol. The van der Waals surface area contributed by atoms with Crippen LogP contribution in [-0.2, 0) is 9.47 Å². The lowest BCUT2D eigenvalue weighted by molar-refractivity contribution is 0.0993. The van der Waals surface area contributed by atoms with Crippen LogP contribution in [-0.4, -0.2) is 39.5 Å². The van der Waals surface area contributed by atoms with Gasteiger partial charge in [-0.25, -0.2) is 0 Å². The number of methoxy groups -OCH3 is 1. The Hall–Kier alpha value is -0.120. The Labute approximate surface area is 101 Å². The third-order valence-electron chi connectivity index (χ3n) is 2.34. The van der Waals surface area contributed by atoms with Gasteiger partial charge in [-0.1, -0.05) is 20.8 Å². The van der Waals surface area contributed by atoms with Crippen molar-refractivity contribution in [2.45, 2.75) is 46.1 Å². The first-order chi connectivity index (χ1) is 7.70. The Morgan fingerprint density at radius 2 is 1.94 bits per heavy atom. The fourth-order valence-electron chi connectivity index (χ4n) is 1.54. The van der Waals surface area contributed by atoms with Crippen molar-refractivity contribution in [3.8, 4) is 0 Å². The average Bonchev–Trinajstić information content (AvgIpc) is 2.24. The van der Waals surface area contributed by atoms with E-state index in [0.29, 0.717) is 12.0 Å². The molecule has 0 aliphatic carbocycles. The van der Waals surface area contributed by atoms with E-state index in [4.69, 9.17) is 9.47 Å². The number of nitrogens with one attached hydrogen (secondary N) is 1. The zero-order chi connectivity index (χ0) is 12.2. The molecular formula is C13H29NO2. The lowest BCUT2D eigenvalue weighted by Crippen LogP contribution is -2.34. The second-order valence-corrected chi connectivity index (χ2v) is 4.72. The van der Waals surface area contributed by atoms with Crippen molar-refractivity contribution in [1.82, 2.24) is 5.32 Å². The molecule has 0 spiro atoms. The first kappa shape index (κ1) is 15.9. The summed E-state index contributed by atoms with van der Waals surface area (Å²) in [4.78, 5) is 0. The Kier molecular flexibility index (Phi) is 11.3. The molecule has 98 valence electrons. The van der Waals surface area contributed by atoms with Crippen LogP contribution >= 0.6 is 0 Å². The standard InChI is InChI=1S/C13H29NO2/c1-5-8-14-13(11-15-4)7-6-9-16-10-12(2)3/h12-14H,5-11H2,1-4H3. The van der Waals surface area contributed by atoms with Gasteiger partial charge in [0.15, 0.2) is 0 Å². The third-order valence-corrected chi connectivity index (χ3v) is 2.34. The van der Waals surface area contributed by atoms with E-state index in [0.717, 1.165) is 39.2 Å². The highest BCUT2D eigenvalue weighted by Gasteiger charge is 2.06. The molecule has 0 radical (unpaired) electrons. The molecule has 0 heterocycles. The van der Waals surface area contributed by atoms with E-state index in [1.165, 1.54) is 6.42 Å². The first-order valence-electron chi connectivity index (χ1n) is 6.50. The van der Waals surface area contributed by atoms with Crippen LogP contribution in [0.4, 0.5) is 0 Å². The lowest BCUT2D eigenvalue weighted by atomic mass is 10.1. The summed E-state index contributed by atoms with van der Waals surface area (Å²) in [7, 11) is 1.76. The number of hydrogen-bond donors (Lipinski definition) is 1. The van der Waals surface area contributed by atoms with Gasteiger partial charge in [0.05, 0.1) is 6.61 Å². The zero-order valence-corrected chi connectivity index (χ0v) is 11.4. The maximum atomic E-state index is 5.56. The number of hydrogen-bond acceptors (Lipinski definition) is 3. The highest BCUT2D eigenvalue weighted by atomic mass is 16.5. The van der Waals surface area contributed by atoms with Gasteiger partial charge in [0, 0.05) is 26.4 Å². The van der Waals surface area contributed by atoms with Crippen molar-refractivity contribution in [3.63, 3.8) is 0 Å². The fraction of sp³-hybridized carbons (Fsp3) is 1.00. The van der Waals surface area contributed by atoms with Crippen LogP contribution in [0.15, 0.2) is 0 Å². The van der Waals surface area contributed by atoms with Crippen LogP contribution in [0.3, 0.4) is 0 Å². The Morgan fingerprint density at radius 1 is 1.19 bits per heavy atom. The summed E-state index contributed by atoms with van der Waals surface area (Å²) in [5.41, 5.74) is 0. The van der Waals surface area contributed by atoms with Gasteiger partial charge in [0.2, 0.25) is 0 Å². The van der Waals surface area contributed by atoms with Gasteiger partial charge in [0.25, 0.3) is 0 Å². The van der Waals surface area contributed by atoms with Crippen LogP contribution in [0.25, 0.3) is 0 Å². The molecule has 0 aromatic carbocycles. The second-order valence-electron chi connectivity index (χ2n) is 4.72. The summed E-state index contributed by atoms with van der Waals surface area (Å²) in [5.74, 6) is 0.632. The molecule has 1 N–H and O–H groups in total. The molecule has 16 heavy (non-hydrogen) atoms. The van der Waals surface area contributed by atoms with Crippen molar-refractivity contribution in [3.05, 3.63) is 0 Å². The average molecular weight is 231 g/mol. The fourth-order valence-corrected chi connectivity index (χ4v) is 1.54. The summed E-state index contributed by atoms with van der Waals surface area (Å²) in [6.45, 7) is 10.1. The Bertz CT molecular complexity index is 140. The molecule has 0 aliphatic rings. The maximum Gasteiger partial charge on any atom is 0.0615 e. The summed E-state index contributed by atoms with van der Waals surface area (Å²) >= 11 is 0. The van der Waals surface area contributed by atoms with E-state index in [2.05, 4.69) is 26.1 Å². The molecule has 0 rings (SSSR count). The molecule has 1 unspecified atom stereocenters. The minimum Gasteiger partial charge on any atom is -0.383 e. The normalized spacial score (nSPS) is 13.3. The molecular weight excluding hydrogens is 202 g/mol. The van der Waals surface area contributed by atoms with Gasteiger partial charge in [0.1, 0.15) is 0 Å². The smallest absolute Gasteiger partial charge is 0.0615 e. The van der Waals surface area contributed by atoms with Crippen LogP contribution in [0, 0.1) is 5.92 Å². The minimum atomic E-state index is 0.479. The minimum absolute atomic E-state index is 0.479. The summed E-state index contributed by atoms with van der Waals surface area (Å²) in [6.07, 6.45) is 3.41. The quantitative estimate of drug-likeness (QED) is 0.554. The van der Waals surface area contributed by atoms with Gasteiger partial charge in [-0.15, -0.1) is 0 Å². The number of ether oxygens (including phenoxy) is 2. The Morgan fingerprint density at radius 3 is 2.50 bits per heavy atom. The van der Waals surface area contributed by atoms with Crippen molar-refractivity contribution in [1.29, 1.82) is 0 Å². The van der Waals surface area contributed by atoms with Gasteiger partial charge >= 0.3 is 0 Å². The van der Waals surface area contributed by atoms with Gasteiger partial charge in [-0.05, 0) is 31.7 Å². The van der Waals surface area contributed by atoms with Crippen LogP contribution in [0.1, 0.15) is 40.0 Å². The van der Waals surface area contributed by atoms with E-state index in [9.17, 15) is 0 Å². The molecule has 0 aromatic heterocycles. The van der Waals surface area contributed by atoms with E-state index in [1.807, 2.05) is 0 Å². The summed E-state index contributed by atoms with van der Waals surface area (Å²) < 4.78 is 10.8. The van der Waals surface area contributed by atoms with Crippen molar-refractivity contribution < 1.29 is 9.47 Å². The molecule has 0 fully saturated rings. The molecule has 3 nitrogen and oxygen atoms in total. The summed E-state index contributed by atoms with van der Waals surface area (Å²) in [5, 5.41) is 3.49. The van der Waals surface area contributed by atoms with Crippen molar-refractivity contribution >= 4 is 0 Å². The van der Waals surface area contributed by atoms with Crippen LogP contribution in [0.2, 0.25) is 0 Å². The monoisotopic (exact) mass is 231 g/mol. The van der Waals surface area contributed by atoms with Gasteiger partial charge in [-0.3, -0.25) is 0 Å². The molecule has 0 saturated heterocycles. The first-order valence-corrected chi connectivity index (χ1v) is 6.50. The molecule has 3 heteroatoms. The van der Waals surface area contributed by atoms with Gasteiger partial charge in [-0.2, -0.15) is 0 Å². The van der Waals surface area contributed by atoms with E-state index in [-0.39, 0.29) is 0 Å². The summed E-state index contributed by atoms with van der Waals surface area (Å²) in [6, 6.07) is 0.479.